The average Bonchev–Trinajstić information content (AvgIpc) is 2.26. The predicted molar refractivity (Wildman–Crippen MR) is 65.3 cm³/mol. The third-order valence-electron chi connectivity index (χ3n) is 2.79. The smallest absolute Gasteiger partial charge is 0.119 e. The fraction of sp³-hybridized carbons (Fsp3) is 0.538. The van der Waals surface area contributed by atoms with E-state index < -0.39 is 6.23 Å². The molecule has 0 amide bonds. The topological polar surface area (TPSA) is 55.5 Å². The second kappa shape index (κ2) is 6.51. The van der Waals surface area contributed by atoms with Crippen LogP contribution < -0.4 is 10.5 Å². The van der Waals surface area contributed by atoms with E-state index in [4.69, 9.17) is 10.5 Å². The molecule has 1 unspecified atom stereocenters. The van der Waals surface area contributed by atoms with Crippen LogP contribution in [0.15, 0.2) is 24.3 Å². The van der Waals surface area contributed by atoms with Gasteiger partial charge >= 0.3 is 0 Å². The lowest BCUT2D eigenvalue weighted by atomic mass is 10.0. The SMILES string of the molecule is CCC(CCOc1ccc(C)cc1)[C@H](N)O. The molecule has 0 bridgehead atoms. The van der Waals surface area contributed by atoms with Gasteiger partial charge in [0.05, 0.1) is 6.61 Å². The third-order valence-corrected chi connectivity index (χ3v) is 2.79. The normalized spacial score (nSPS) is 14.5. The van der Waals surface area contributed by atoms with Crippen LogP contribution in [-0.4, -0.2) is 17.9 Å². The van der Waals surface area contributed by atoms with Crippen LogP contribution in [0.1, 0.15) is 25.3 Å². The second-order valence-electron chi connectivity index (χ2n) is 4.11. The lowest BCUT2D eigenvalue weighted by Gasteiger charge is -2.17. The number of nitrogens with two attached hydrogens (primary N) is 1. The minimum atomic E-state index is -0.744. The van der Waals surface area contributed by atoms with Crippen molar-refractivity contribution >= 4 is 0 Å². The van der Waals surface area contributed by atoms with Gasteiger partial charge in [-0.05, 0) is 31.9 Å². The predicted octanol–water partition coefficient (Wildman–Crippen LogP) is 2.07. The summed E-state index contributed by atoms with van der Waals surface area (Å²) in [5.74, 6) is 0.984. The third kappa shape index (κ3) is 4.21. The number of aryl methyl sites for hydroxylation is 1. The van der Waals surface area contributed by atoms with E-state index in [1.165, 1.54) is 5.56 Å². The van der Waals surface area contributed by atoms with E-state index in [1.807, 2.05) is 38.1 Å². The van der Waals surface area contributed by atoms with Crippen LogP contribution in [0.5, 0.6) is 5.75 Å². The quantitative estimate of drug-likeness (QED) is 0.726. The van der Waals surface area contributed by atoms with Crippen LogP contribution in [0.25, 0.3) is 0 Å². The molecule has 0 fully saturated rings. The zero-order chi connectivity index (χ0) is 12.0. The molecule has 0 spiro atoms. The molecular weight excluding hydrogens is 202 g/mol. The maximum absolute atomic E-state index is 9.27. The lowest BCUT2D eigenvalue weighted by molar-refractivity contribution is 0.0954. The van der Waals surface area contributed by atoms with E-state index in [0.717, 1.165) is 18.6 Å². The summed E-state index contributed by atoms with van der Waals surface area (Å²) in [6, 6.07) is 7.94. The summed E-state index contributed by atoms with van der Waals surface area (Å²) < 4.78 is 5.58. The molecule has 3 heteroatoms. The van der Waals surface area contributed by atoms with Crippen molar-refractivity contribution in [3.63, 3.8) is 0 Å². The van der Waals surface area contributed by atoms with Crippen molar-refractivity contribution in [2.45, 2.75) is 32.9 Å². The summed E-state index contributed by atoms with van der Waals surface area (Å²) in [4.78, 5) is 0. The molecule has 1 rings (SSSR count). The molecule has 0 saturated heterocycles. The summed E-state index contributed by atoms with van der Waals surface area (Å²) in [6.07, 6.45) is 0.906. The van der Waals surface area contributed by atoms with Gasteiger partial charge < -0.3 is 15.6 Å². The van der Waals surface area contributed by atoms with Crippen molar-refractivity contribution in [2.75, 3.05) is 6.61 Å². The molecule has 0 aliphatic rings. The highest BCUT2D eigenvalue weighted by Gasteiger charge is 2.12. The largest absolute Gasteiger partial charge is 0.494 e. The molecule has 3 N–H and O–H groups in total. The number of hydrogen-bond donors (Lipinski definition) is 2. The van der Waals surface area contributed by atoms with Crippen LogP contribution in [0.2, 0.25) is 0 Å². The Bertz CT molecular complexity index is 295. The summed E-state index contributed by atoms with van der Waals surface area (Å²) in [5.41, 5.74) is 6.67. The van der Waals surface area contributed by atoms with Crippen molar-refractivity contribution in [3.8, 4) is 5.75 Å². The standard InChI is InChI=1S/C13H21NO2/c1-3-11(13(14)15)8-9-16-12-6-4-10(2)5-7-12/h4-7,11,13,15H,3,8-9,14H2,1-2H3/t11?,13-/m1/s1. The Morgan fingerprint density at radius 1 is 1.31 bits per heavy atom. The number of hydrogen-bond acceptors (Lipinski definition) is 3. The Morgan fingerprint density at radius 3 is 2.44 bits per heavy atom. The van der Waals surface area contributed by atoms with Gasteiger partial charge in [0.15, 0.2) is 0 Å². The fourth-order valence-electron chi connectivity index (χ4n) is 1.58. The highest BCUT2D eigenvalue weighted by atomic mass is 16.5. The highest BCUT2D eigenvalue weighted by molar-refractivity contribution is 5.26. The van der Waals surface area contributed by atoms with E-state index >= 15 is 0 Å². The Balaban J connectivity index is 2.32. The van der Waals surface area contributed by atoms with Crippen LogP contribution in [0, 0.1) is 12.8 Å². The van der Waals surface area contributed by atoms with Gasteiger partial charge in [-0.25, -0.2) is 0 Å². The van der Waals surface area contributed by atoms with Gasteiger partial charge in [-0.2, -0.15) is 0 Å². The molecule has 0 radical (unpaired) electrons. The molecule has 0 aliphatic carbocycles. The minimum Gasteiger partial charge on any atom is -0.494 e. The summed E-state index contributed by atoms with van der Waals surface area (Å²) >= 11 is 0. The summed E-state index contributed by atoms with van der Waals surface area (Å²) in [5, 5.41) is 9.27. The first-order valence-electron chi connectivity index (χ1n) is 5.76. The first-order chi connectivity index (χ1) is 7.63. The van der Waals surface area contributed by atoms with Gasteiger partial charge in [-0.3, -0.25) is 0 Å². The van der Waals surface area contributed by atoms with Crippen molar-refractivity contribution in [1.82, 2.24) is 0 Å². The molecule has 2 atom stereocenters. The lowest BCUT2D eigenvalue weighted by Crippen LogP contribution is -2.30. The first kappa shape index (κ1) is 13.0. The van der Waals surface area contributed by atoms with Crippen LogP contribution >= 0.6 is 0 Å². The van der Waals surface area contributed by atoms with E-state index in [0.29, 0.717) is 6.61 Å². The van der Waals surface area contributed by atoms with Gasteiger partial charge in [0.2, 0.25) is 0 Å². The average molecular weight is 223 g/mol. The number of aliphatic hydroxyl groups is 1. The van der Waals surface area contributed by atoms with Crippen molar-refractivity contribution < 1.29 is 9.84 Å². The van der Waals surface area contributed by atoms with Crippen LogP contribution in [0.4, 0.5) is 0 Å². The van der Waals surface area contributed by atoms with Crippen molar-refractivity contribution in [2.24, 2.45) is 11.7 Å². The number of ether oxygens (including phenoxy) is 1. The molecule has 0 aliphatic heterocycles. The Hall–Kier alpha value is -1.06. The molecule has 16 heavy (non-hydrogen) atoms. The summed E-state index contributed by atoms with van der Waals surface area (Å²) in [6.45, 7) is 4.66. The van der Waals surface area contributed by atoms with Gasteiger partial charge in [-0.1, -0.05) is 24.6 Å². The van der Waals surface area contributed by atoms with E-state index in [-0.39, 0.29) is 5.92 Å². The zero-order valence-corrected chi connectivity index (χ0v) is 10.0. The number of rotatable bonds is 6. The van der Waals surface area contributed by atoms with Gasteiger partial charge in [0, 0.05) is 5.92 Å². The monoisotopic (exact) mass is 223 g/mol. The fourth-order valence-corrected chi connectivity index (χ4v) is 1.58. The molecule has 0 saturated carbocycles. The van der Waals surface area contributed by atoms with E-state index in [2.05, 4.69) is 0 Å². The van der Waals surface area contributed by atoms with E-state index in [1.54, 1.807) is 0 Å². The zero-order valence-electron chi connectivity index (χ0n) is 10.0. The van der Waals surface area contributed by atoms with Crippen molar-refractivity contribution in [3.05, 3.63) is 29.8 Å². The molecular formula is C13H21NO2. The molecule has 3 nitrogen and oxygen atoms in total. The Labute approximate surface area is 97.2 Å². The van der Waals surface area contributed by atoms with Crippen LogP contribution in [0.3, 0.4) is 0 Å². The first-order valence-corrected chi connectivity index (χ1v) is 5.76. The maximum atomic E-state index is 9.27. The second-order valence-corrected chi connectivity index (χ2v) is 4.11. The number of benzene rings is 1. The Morgan fingerprint density at radius 2 is 1.94 bits per heavy atom. The highest BCUT2D eigenvalue weighted by Crippen LogP contribution is 2.14. The van der Waals surface area contributed by atoms with E-state index in [9.17, 15) is 5.11 Å². The number of aliphatic hydroxyl groups excluding tert-OH is 1. The molecule has 1 aromatic carbocycles. The molecule has 90 valence electrons. The molecule has 0 aromatic heterocycles. The van der Waals surface area contributed by atoms with Crippen molar-refractivity contribution in [1.29, 1.82) is 0 Å². The van der Waals surface area contributed by atoms with Crippen LogP contribution in [-0.2, 0) is 0 Å². The van der Waals surface area contributed by atoms with Gasteiger partial charge in [0.25, 0.3) is 0 Å². The summed E-state index contributed by atoms with van der Waals surface area (Å²) in [7, 11) is 0. The minimum absolute atomic E-state index is 0.116. The molecule has 0 heterocycles. The Kier molecular flexibility index (Phi) is 5.29. The van der Waals surface area contributed by atoms with Gasteiger partial charge in [-0.15, -0.1) is 0 Å². The van der Waals surface area contributed by atoms with Gasteiger partial charge in [0.1, 0.15) is 12.0 Å². The molecule has 1 aromatic rings. The maximum Gasteiger partial charge on any atom is 0.119 e.